The van der Waals surface area contributed by atoms with Crippen LogP contribution in [0.4, 0.5) is 4.39 Å². The molecule has 4 nitrogen and oxygen atoms in total. The predicted octanol–water partition coefficient (Wildman–Crippen LogP) is 2.83. The minimum Gasteiger partial charge on any atom is -0.464 e. The number of ether oxygens (including phenoxy) is 1. The van der Waals surface area contributed by atoms with Gasteiger partial charge in [-0.2, -0.15) is 0 Å². The molecule has 0 saturated heterocycles. The van der Waals surface area contributed by atoms with Crippen molar-refractivity contribution in [3.05, 3.63) is 46.4 Å². The van der Waals surface area contributed by atoms with Crippen LogP contribution in [0.2, 0.25) is 0 Å². The maximum Gasteiger partial charge on any atom is 0.356 e. The number of esters is 1. The van der Waals surface area contributed by atoms with Crippen molar-refractivity contribution in [1.82, 2.24) is 9.97 Å². The molecule has 2 rings (SSSR count). The Balaban J connectivity index is 2.48. The quantitative estimate of drug-likeness (QED) is 0.800. The lowest BCUT2D eigenvalue weighted by Gasteiger charge is -2.04. The topological polar surface area (TPSA) is 52.1 Å². The van der Waals surface area contributed by atoms with E-state index in [9.17, 15) is 9.18 Å². The molecule has 0 aliphatic heterocycles. The van der Waals surface area contributed by atoms with Crippen molar-refractivity contribution >= 4 is 21.9 Å². The molecule has 1 aromatic carbocycles. The number of aromatic nitrogens is 2. The summed E-state index contributed by atoms with van der Waals surface area (Å²) in [5.41, 5.74) is 0.751. The van der Waals surface area contributed by atoms with E-state index >= 15 is 0 Å². The summed E-state index contributed by atoms with van der Waals surface area (Å²) in [5, 5.41) is 0. The highest BCUT2D eigenvalue weighted by Gasteiger charge is 2.12. The number of halogens is 2. The van der Waals surface area contributed by atoms with E-state index in [0.29, 0.717) is 15.9 Å². The molecule has 0 radical (unpaired) electrons. The Morgan fingerprint density at radius 3 is 2.83 bits per heavy atom. The first-order valence-corrected chi connectivity index (χ1v) is 5.78. The molecule has 0 amide bonds. The van der Waals surface area contributed by atoms with Gasteiger partial charge >= 0.3 is 5.97 Å². The smallest absolute Gasteiger partial charge is 0.356 e. The Morgan fingerprint density at radius 1 is 1.39 bits per heavy atom. The number of hydrogen-bond acceptors (Lipinski definition) is 4. The number of carbonyl (C=O) groups excluding carboxylic acids is 1. The highest BCUT2D eigenvalue weighted by atomic mass is 79.9. The summed E-state index contributed by atoms with van der Waals surface area (Å²) in [6, 6.07) is 5.60. The summed E-state index contributed by atoms with van der Waals surface area (Å²) in [7, 11) is 1.28. The van der Waals surface area contributed by atoms with Crippen LogP contribution in [-0.4, -0.2) is 23.0 Å². The van der Waals surface area contributed by atoms with Crippen molar-refractivity contribution in [3.63, 3.8) is 0 Å². The molecular weight excluding hydrogens is 303 g/mol. The third kappa shape index (κ3) is 2.53. The van der Waals surface area contributed by atoms with Gasteiger partial charge in [-0.3, -0.25) is 0 Å². The van der Waals surface area contributed by atoms with Crippen LogP contribution >= 0.6 is 15.9 Å². The molecular formula is C12H8BrFN2O2. The molecule has 1 aromatic heterocycles. The minimum atomic E-state index is -0.545. The van der Waals surface area contributed by atoms with Gasteiger partial charge in [0.2, 0.25) is 0 Å². The highest BCUT2D eigenvalue weighted by molar-refractivity contribution is 9.10. The third-order valence-corrected chi connectivity index (χ3v) is 2.88. The first-order chi connectivity index (χ1) is 8.61. The average molecular weight is 311 g/mol. The van der Waals surface area contributed by atoms with E-state index in [0.717, 1.165) is 0 Å². The van der Waals surface area contributed by atoms with Crippen LogP contribution < -0.4 is 0 Å². The van der Waals surface area contributed by atoms with Gasteiger partial charge in [-0.15, -0.1) is 0 Å². The van der Waals surface area contributed by atoms with E-state index in [-0.39, 0.29) is 11.5 Å². The van der Waals surface area contributed by atoms with Crippen LogP contribution in [0, 0.1) is 5.82 Å². The summed E-state index contributed by atoms with van der Waals surface area (Å²) in [4.78, 5) is 19.5. The van der Waals surface area contributed by atoms with Gasteiger partial charge in [-0.25, -0.2) is 19.2 Å². The number of methoxy groups -OCH3 is 1. The van der Waals surface area contributed by atoms with Crippen molar-refractivity contribution in [3.8, 4) is 11.4 Å². The molecule has 0 fully saturated rings. The van der Waals surface area contributed by atoms with Gasteiger partial charge in [0.15, 0.2) is 11.5 Å². The highest BCUT2D eigenvalue weighted by Crippen LogP contribution is 2.26. The Morgan fingerprint density at radius 2 is 2.17 bits per heavy atom. The van der Waals surface area contributed by atoms with Crippen LogP contribution in [0.1, 0.15) is 10.5 Å². The molecule has 0 saturated carbocycles. The van der Waals surface area contributed by atoms with E-state index in [1.807, 2.05) is 0 Å². The molecule has 0 spiro atoms. The third-order valence-electron chi connectivity index (χ3n) is 2.22. The van der Waals surface area contributed by atoms with Gasteiger partial charge in [0, 0.05) is 16.2 Å². The minimum absolute atomic E-state index is 0.152. The van der Waals surface area contributed by atoms with Crippen molar-refractivity contribution < 1.29 is 13.9 Å². The van der Waals surface area contributed by atoms with Crippen LogP contribution in [-0.2, 0) is 4.74 Å². The second-order valence-electron chi connectivity index (χ2n) is 3.38. The second-order valence-corrected chi connectivity index (χ2v) is 4.24. The molecule has 0 N–H and O–H groups in total. The van der Waals surface area contributed by atoms with E-state index in [2.05, 4.69) is 30.6 Å². The SMILES string of the molecule is COC(=O)c1ccnc(-c2ccc(F)cc2Br)n1. The largest absolute Gasteiger partial charge is 0.464 e. The lowest BCUT2D eigenvalue weighted by atomic mass is 10.2. The molecule has 0 unspecified atom stereocenters. The van der Waals surface area contributed by atoms with Gasteiger partial charge in [-0.1, -0.05) is 0 Å². The summed E-state index contributed by atoms with van der Waals surface area (Å²) in [5.74, 6) is -0.587. The molecule has 0 aliphatic carbocycles. The molecule has 0 atom stereocenters. The summed E-state index contributed by atoms with van der Waals surface area (Å²) >= 11 is 3.23. The van der Waals surface area contributed by atoms with E-state index < -0.39 is 5.97 Å². The molecule has 0 aliphatic rings. The lowest BCUT2D eigenvalue weighted by molar-refractivity contribution is 0.0594. The fourth-order valence-corrected chi connectivity index (χ4v) is 1.91. The van der Waals surface area contributed by atoms with Gasteiger partial charge in [0.25, 0.3) is 0 Å². The van der Waals surface area contributed by atoms with Crippen LogP contribution in [0.15, 0.2) is 34.9 Å². The Kier molecular flexibility index (Phi) is 3.66. The van der Waals surface area contributed by atoms with Crippen LogP contribution in [0.5, 0.6) is 0 Å². The maximum atomic E-state index is 13.0. The standard InChI is InChI=1S/C12H8BrFN2O2/c1-18-12(17)10-4-5-15-11(16-10)8-3-2-7(14)6-9(8)13/h2-6H,1H3. The Hall–Kier alpha value is -1.82. The second kappa shape index (κ2) is 5.22. The fourth-order valence-electron chi connectivity index (χ4n) is 1.38. The van der Waals surface area contributed by atoms with Gasteiger partial charge < -0.3 is 4.74 Å². The Labute approximate surface area is 111 Å². The first kappa shape index (κ1) is 12.6. The molecule has 0 bridgehead atoms. The Bertz CT molecular complexity index is 604. The van der Waals surface area contributed by atoms with E-state index in [1.54, 1.807) is 0 Å². The summed E-state index contributed by atoms with van der Waals surface area (Å²) < 4.78 is 18.1. The summed E-state index contributed by atoms with van der Waals surface area (Å²) in [6.07, 6.45) is 1.45. The van der Waals surface area contributed by atoms with Crippen molar-refractivity contribution in [2.75, 3.05) is 7.11 Å². The van der Waals surface area contributed by atoms with Crippen molar-refractivity contribution in [1.29, 1.82) is 0 Å². The monoisotopic (exact) mass is 310 g/mol. The van der Waals surface area contributed by atoms with Gasteiger partial charge in [0.1, 0.15) is 5.82 Å². The van der Waals surface area contributed by atoms with Crippen molar-refractivity contribution in [2.24, 2.45) is 0 Å². The molecule has 1 heterocycles. The lowest BCUT2D eigenvalue weighted by Crippen LogP contribution is -2.05. The zero-order valence-corrected chi connectivity index (χ0v) is 10.9. The van der Waals surface area contributed by atoms with Gasteiger partial charge in [-0.05, 0) is 40.2 Å². The number of rotatable bonds is 2. The number of carbonyl (C=O) groups is 1. The molecule has 18 heavy (non-hydrogen) atoms. The van der Waals surface area contributed by atoms with Crippen molar-refractivity contribution in [2.45, 2.75) is 0 Å². The maximum absolute atomic E-state index is 13.0. The number of nitrogens with zero attached hydrogens (tertiary/aromatic N) is 2. The fraction of sp³-hybridized carbons (Fsp3) is 0.0833. The zero-order valence-electron chi connectivity index (χ0n) is 9.35. The van der Waals surface area contributed by atoms with E-state index in [4.69, 9.17) is 0 Å². The predicted molar refractivity (Wildman–Crippen MR) is 66.5 cm³/mol. The first-order valence-electron chi connectivity index (χ1n) is 4.98. The number of benzene rings is 1. The van der Waals surface area contributed by atoms with Crippen LogP contribution in [0.25, 0.3) is 11.4 Å². The molecule has 92 valence electrons. The van der Waals surface area contributed by atoms with Gasteiger partial charge in [0.05, 0.1) is 7.11 Å². The molecule has 6 heteroatoms. The number of hydrogen-bond donors (Lipinski definition) is 0. The molecule has 2 aromatic rings. The van der Waals surface area contributed by atoms with E-state index in [1.165, 1.54) is 37.6 Å². The van der Waals surface area contributed by atoms with Crippen LogP contribution in [0.3, 0.4) is 0 Å². The summed E-state index contributed by atoms with van der Waals surface area (Å²) in [6.45, 7) is 0. The zero-order chi connectivity index (χ0) is 13.1. The normalized spacial score (nSPS) is 10.2. The average Bonchev–Trinajstić information content (AvgIpc) is 2.38.